The monoisotopic (exact) mass is 368 g/mol. The third kappa shape index (κ3) is 7.73. The molecule has 0 atom stereocenters. The Labute approximate surface area is 125 Å². The molecule has 1 saturated heterocycles. The summed E-state index contributed by atoms with van der Waals surface area (Å²) in [5.74, 6) is 5.82. The maximum atomic E-state index is 5.17. The quantitative estimate of drug-likeness (QED) is 0.327. The minimum atomic E-state index is 0. The van der Waals surface area contributed by atoms with Crippen molar-refractivity contribution in [1.29, 1.82) is 0 Å². The molecule has 0 aromatic heterocycles. The number of terminal acetylenes is 1. The molecule has 0 bridgehead atoms. The van der Waals surface area contributed by atoms with Crippen molar-refractivity contribution in [3.63, 3.8) is 0 Å². The molecule has 0 spiro atoms. The van der Waals surface area contributed by atoms with E-state index in [1.807, 2.05) is 11.8 Å². The van der Waals surface area contributed by atoms with Gasteiger partial charge in [-0.15, -0.1) is 30.4 Å². The molecule has 6 heteroatoms. The minimum Gasteiger partial charge on any atom is -0.355 e. The van der Waals surface area contributed by atoms with Crippen LogP contribution in [0.4, 0.5) is 0 Å². The number of nitrogens with zero attached hydrogens (tertiary/aromatic N) is 2. The Hall–Kier alpha value is -0.130. The lowest BCUT2D eigenvalue weighted by atomic mass is 10.4. The lowest BCUT2D eigenvalue weighted by Gasteiger charge is -2.26. The van der Waals surface area contributed by atoms with E-state index in [0.717, 1.165) is 19.0 Å². The fraction of sp³-hybridized carbons (Fsp3) is 0.727. The molecule has 0 radical (unpaired) electrons. The highest BCUT2D eigenvalue weighted by Crippen LogP contribution is 2.07. The van der Waals surface area contributed by atoms with Gasteiger partial charge in [0.05, 0.1) is 6.54 Å². The van der Waals surface area contributed by atoms with Crippen LogP contribution in [-0.4, -0.2) is 62.1 Å². The molecule has 1 aliphatic rings. The number of thioether (sulfide) groups is 1. The van der Waals surface area contributed by atoms with E-state index < -0.39 is 0 Å². The SMILES string of the molecule is C#CCNC(=NC)NCCN1CCSCC1.I. The number of guanidine groups is 1. The van der Waals surface area contributed by atoms with Crippen LogP contribution in [0.3, 0.4) is 0 Å². The number of hydrogen-bond donors (Lipinski definition) is 2. The van der Waals surface area contributed by atoms with E-state index in [4.69, 9.17) is 6.42 Å². The first-order chi connectivity index (χ1) is 7.86. The first-order valence-electron chi connectivity index (χ1n) is 5.55. The average molecular weight is 368 g/mol. The largest absolute Gasteiger partial charge is 0.355 e. The van der Waals surface area contributed by atoms with Gasteiger partial charge in [-0.25, -0.2) is 0 Å². The molecule has 2 N–H and O–H groups in total. The molecule has 0 saturated carbocycles. The van der Waals surface area contributed by atoms with E-state index >= 15 is 0 Å². The molecule has 1 fully saturated rings. The second-order valence-corrected chi connectivity index (χ2v) is 4.74. The van der Waals surface area contributed by atoms with Crippen molar-refractivity contribution < 1.29 is 0 Å². The molecule has 0 aromatic rings. The molecule has 98 valence electrons. The lowest BCUT2D eigenvalue weighted by Crippen LogP contribution is -2.43. The summed E-state index contributed by atoms with van der Waals surface area (Å²) in [6.07, 6.45) is 5.17. The van der Waals surface area contributed by atoms with Crippen LogP contribution in [0, 0.1) is 12.3 Å². The van der Waals surface area contributed by atoms with Crippen LogP contribution in [-0.2, 0) is 0 Å². The van der Waals surface area contributed by atoms with Crippen LogP contribution in [0.25, 0.3) is 0 Å². The Morgan fingerprint density at radius 1 is 1.41 bits per heavy atom. The average Bonchev–Trinajstić information content (AvgIpc) is 2.35. The number of halogens is 1. The summed E-state index contributed by atoms with van der Waals surface area (Å²) in [5, 5.41) is 6.28. The Bertz CT molecular complexity index is 259. The van der Waals surface area contributed by atoms with Gasteiger partial charge in [-0.1, -0.05) is 5.92 Å². The summed E-state index contributed by atoms with van der Waals surface area (Å²) in [4.78, 5) is 6.55. The number of hydrogen-bond acceptors (Lipinski definition) is 3. The Kier molecular flexibility index (Phi) is 10.9. The van der Waals surface area contributed by atoms with E-state index in [-0.39, 0.29) is 24.0 Å². The summed E-state index contributed by atoms with van der Waals surface area (Å²) in [5.41, 5.74) is 0. The van der Waals surface area contributed by atoms with Crippen molar-refractivity contribution in [3.05, 3.63) is 0 Å². The van der Waals surface area contributed by atoms with Crippen LogP contribution >= 0.6 is 35.7 Å². The van der Waals surface area contributed by atoms with Crippen molar-refractivity contribution >= 4 is 41.7 Å². The van der Waals surface area contributed by atoms with Gasteiger partial charge < -0.3 is 10.6 Å². The zero-order valence-electron chi connectivity index (χ0n) is 10.2. The summed E-state index contributed by atoms with van der Waals surface area (Å²) < 4.78 is 0. The first-order valence-corrected chi connectivity index (χ1v) is 6.70. The molecular weight excluding hydrogens is 347 g/mol. The summed E-state index contributed by atoms with van der Waals surface area (Å²) >= 11 is 2.03. The van der Waals surface area contributed by atoms with Gasteiger partial charge in [-0.2, -0.15) is 11.8 Å². The molecular formula is C11H21IN4S. The smallest absolute Gasteiger partial charge is 0.191 e. The molecule has 0 unspecified atom stereocenters. The maximum absolute atomic E-state index is 5.17. The standard InChI is InChI=1S/C11H20N4S.HI/c1-3-4-13-11(12-2)14-5-6-15-7-9-16-10-8-15;/h1H,4-10H2,2H3,(H2,12,13,14);1H. The van der Waals surface area contributed by atoms with E-state index in [0.29, 0.717) is 6.54 Å². The predicted octanol–water partition coefficient (Wildman–Crippen LogP) is 0.451. The van der Waals surface area contributed by atoms with Crippen molar-refractivity contribution in [2.45, 2.75) is 0 Å². The topological polar surface area (TPSA) is 39.7 Å². The molecule has 0 amide bonds. The molecule has 0 aliphatic carbocycles. The van der Waals surface area contributed by atoms with Gasteiger partial charge in [-0.3, -0.25) is 9.89 Å². The lowest BCUT2D eigenvalue weighted by molar-refractivity contribution is 0.307. The fourth-order valence-electron chi connectivity index (χ4n) is 1.51. The Balaban J connectivity index is 0.00000256. The zero-order chi connectivity index (χ0) is 11.6. The normalized spacial score (nSPS) is 16.8. The summed E-state index contributed by atoms with van der Waals surface area (Å²) in [6, 6.07) is 0. The predicted molar refractivity (Wildman–Crippen MR) is 87.4 cm³/mol. The number of aliphatic imine (C=N–C) groups is 1. The van der Waals surface area contributed by atoms with Crippen molar-refractivity contribution in [3.8, 4) is 12.3 Å². The highest BCUT2D eigenvalue weighted by atomic mass is 127. The van der Waals surface area contributed by atoms with Gasteiger partial charge in [0.15, 0.2) is 5.96 Å². The molecule has 1 heterocycles. The molecule has 1 rings (SSSR count). The second-order valence-electron chi connectivity index (χ2n) is 3.51. The van der Waals surface area contributed by atoms with Gasteiger partial charge in [0, 0.05) is 44.7 Å². The second kappa shape index (κ2) is 11.0. The highest BCUT2D eigenvalue weighted by molar-refractivity contribution is 14.0. The molecule has 1 aliphatic heterocycles. The van der Waals surface area contributed by atoms with Gasteiger partial charge >= 0.3 is 0 Å². The van der Waals surface area contributed by atoms with Crippen LogP contribution in [0.5, 0.6) is 0 Å². The zero-order valence-corrected chi connectivity index (χ0v) is 13.4. The Morgan fingerprint density at radius 2 is 2.12 bits per heavy atom. The highest BCUT2D eigenvalue weighted by Gasteiger charge is 2.09. The van der Waals surface area contributed by atoms with Crippen molar-refractivity contribution in [1.82, 2.24) is 15.5 Å². The third-order valence-electron chi connectivity index (χ3n) is 2.41. The summed E-state index contributed by atoms with van der Waals surface area (Å²) in [6.45, 7) is 4.89. The van der Waals surface area contributed by atoms with Gasteiger partial charge in [0.2, 0.25) is 0 Å². The molecule has 0 aromatic carbocycles. The maximum Gasteiger partial charge on any atom is 0.191 e. The van der Waals surface area contributed by atoms with Crippen LogP contribution in [0.2, 0.25) is 0 Å². The molecule has 4 nitrogen and oxygen atoms in total. The van der Waals surface area contributed by atoms with Gasteiger partial charge in [0.25, 0.3) is 0 Å². The summed E-state index contributed by atoms with van der Waals surface area (Å²) in [7, 11) is 1.75. The number of rotatable bonds is 4. The van der Waals surface area contributed by atoms with E-state index in [1.165, 1.54) is 24.6 Å². The fourth-order valence-corrected chi connectivity index (χ4v) is 2.49. The van der Waals surface area contributed by atoms with E-state index in [2.05, 4.69) is 26.4 Å². The van der Waals surface area contributed by atoms with E-state index in [1.54, 1.807) is 7.05 Å². The number of nitrogens with one attached hydrogen (secondary N) is 2. The van der Waals surface area contributed by atoms with Crippen molar-refractivity contribution in [2.24, 2.45) is 4.99 Å². The van der Waals surface area contributed by atoms with Crippen molar-refractivity contribution in [2.75, 3.05) is 51.3 Å². The van der Waals surface area contributed by atoms with Crippen LogP contribution in [0.15, 0.2) is 4.99 Å². The van der Waals surface area contributed by atoms with Crippen LogP contribution in [0.1, 0.15) is 0 Å². The van der Waals surface area contributed by atoms with Crippen LogP contribution < -0.4 is 10.6 Å². The van der Waals surface area contributed by atoms with Gasteiger partial charge in [-0.05, 0) is 0 Å². The van der Waals surface area contributed by atoms with E-state index in [9.17, 15) is 0 Å². The van der Waals surface area contributed by atoms with Gasteiger partial charge in [0.1, 0.15) is 0 Å². The molecule has 17 heavy (non-hydrogen) atoms. The Morgan fingerprint density at radius 3 is 2.71 bits per heavy atom. The third-order valence-corrected chi connectivity index (χ3v) is 3.35. The minimum absolute atomic E-state index is 0. The first kappa shape index (κ1) is 16.9.